The van der Waals surface area contributed by atoms with Gasteiger partial charge in [0.1, 0.15) is 17.6 Å². The highest BCUT2D eigenvalue weighted by atomic mass is 32.2. The number of hydrogen-bond acceptors (Lipinski definition) is 7. The lowest BCUT2D eigenvalue weighted by Crippen LogP contribution is -2.25. The number of carbonyl (C=O) groups excluding carboxylic acids is 3. The van der Waals surface area contributed by atoms with Crippen LogP contribution in [0.5, 0.6) is 5.75 Å². The molecule has 0 radical (unpaired) electrons. The summed E-state index contributed by atoms with van der Waals surface area (Å²) in [5, 5.41) is 5.86. The van der Waals surface area contributed by atoms with Gasteiger partial charge in [-0.25, -0.2) is 0 Å². The monoisotopic (exact) mass is 496 g/mol. The lowest BCUT2D eigenvalue weighted by molar-refractivity contribution is -0.121. The number of aliphatic imine (C=N–C) groups is 1. The fraction of sp³-hybridized carbons (Fsp3) is 0.360. The Hall–Kier alpha value is -3.37. The normalized spacial score (nSPS) is 17.3. The molecule has 1 atom stereocenters. The van der Waals surface area contributed by atoms with E-state index in [1.54, 1.807) is 55.6 Å². The van der Waals surface area contributed by atoms with Gasteiger partial charge < -0.3 is 25.0 Å². The first-order valence-electron chi connectivity index (χ1n) is 11.5. The molecule has 4 rings (SSSR count). The largest absolute Gasteiger partial charge is 0.491 e. The van der Waals surface area contributed by atoms with Crippen molar-refractivity contribution in [3.05, 3.63) is 54.1 Å². The van der Waals surface area contributed by atoms with Crippen LogP contribution in [0.2, 0.25) is 0 Å². The number of benzene rings is 2. The highest BCUT2D eigenvalue weighted by Crippen LogP contribution is 2.29. The number of ether oxygens (including phenoxy) is 2. The second kappa shape index (κ2) is 11.9. The molecule has 3 amide bonds. The third-order valence-electron chi connectivity index (χ3n) is 5.58. The van der Waals surface area contributed by atoms with Gasteiger partial charge in [-0.05, 0) is 61.4 Å². The summed E-state index contributed by atoms with van der Waals surface area (Å²) in [5.41, 5.74) is 1.65. The van der Waals surface area contributed by atoms with Gasteiger partial charge in [-0.2, -0.15) is 4.99 Å². The molecule has 1 fully saturated rings. The summed E-state index contributed by atoms with van der Waals surface area (Å²) in [6.07, 6.45) is 2.25. The summed E-state index contributed by atoms with van der Waals surface area (Å²) in [5.74, 6) is -0.0977. The van der Waals surface area contributed by atoms with E-state index in [-0.39, 0.29) is 24.1 Å². The van der Waals surface area contributed by atoms with Gasteiger partial charge in [0.25, 0.3) is 11.8 Å². The maximum Gasteiger partial charge on any atom is 0.262 e. The van der Waals surface area contributed by atoms with Crippen LogP contribution in [-0.4, -0.2) is 66.5 Å². The summed E-state index contributed by atoms with van der Waals surface area (Å²) in [7, 11) is 1.61. The quantitative estimate of drug-likeness (QED) is 0.512. The van der Waals surface area contributed by atoms with E-state index in [4.69, 9.17) is 9.47 Å². The van der Waals surface area contributed by atoms with Gasteiger partial charge in [0.15, 0.2) is 5.17 Å². The number of nitrogens with zero attached hydrogens (tertiary/aromatic N) is 2. The highest BCUT2D eigenvalue weighted by molar-refractivity contribution is 8.15. The fourth-order valence-electron chi connectivity index (χ4n) is 3.72. The van der Waals surface area contributed by atoms with Gasteiger partial charge in [0.05, 0.1) is 6.61 Å². The summed E-state index contributed by atoms with van der Waals surface area (Å²) >= 11 is 1.37. The summed E-state index contributed by atoms with van der Waals surface area (Å²) in [6, 6.07) is 13.7. The van der Waals surface area contributed by atoms with E-state index >= 15 is 0 Å². The molecule has 10 heteroatoms. The van der Waals surface area contributed by atoms with E-state index in [1.165, 1.54) is 11.8 Å². The van der Waals surface area contributed by atoms with Gasteiger partial charge in [-0.1, -0.05) is 11.8 Å². The summed E-state index contributed by atoms with van der Waals surface area (Å²) in [6.45, 7) is 2.77. The van der Waals surface area contributed by atoms with Crippen molar-refractivity contribution >= 4 is 46.0 Å². The van der Waals surface area contributed by atoms with E-state index in [2.05, 4.69) is 20.5 Å². The van der Waals surface area contributed by atoms with E-state index < -0.39 is 5.25 Å². The number of likely N-dealkylation sites (tertiary alicyclic amines) is 1. The molecule has 1 saturated heterocycles. The number of nitrogens with one attached hydrogen (secondary N) is 2. The van der Waals surface area contributed by atoms with Gasteiger partial charge in [-0.3, -0.25) is 14.4 Å². The Morgan fingerprint density at radius 3 is 2.34 bits per heavy atom. The van der Waals surface area contributed by atoms with Crippen molar-refractivity contribution in [2.24, 2.45) is 4.99 Å². The molecular formula is C25H28N4O5S. The SMILES string of the molecule is COCCOc1ccc(NC(=O)c2ccc(NC(=O)CC3SC(N4CCCC4)=NC3=O)cc2)cc1. The summed E-state index contributed by atoms with van der Waals surface area (Å²) < 4.78 is 10.5. The first-order valence-corrected chi connectivity index (χ1v) is 12.4. The third kappa shape index (κ3) is 6.83. The Balaban J connectivity index is 1.24. The predicted octanol–water partition coefficient (Wildman–Crippen LogP) is 3.39. The van der Waals surface area contributed by atoms with Crippen LogP contribution < -0.4 is 15.4 Å². The fourth-order valence-corrected chi connectivity index (χ4v) is 4.84. The van der Waals surface area contributed by atoms with Crippen LogP contribution in [0.4, 0.5) is 11.4 Å². The lowest BCUT2D eigenvalue weighted by atomic mass is 10.1. The Morgan fingerprint density at radius 1 is 1.00 bits per heavy atom. The van der Waals surface area contributed by atoms with Crippen molar-refractivity contribution in [3.63, 3.8) is 0 Å². The van der Waals surface area contributed by atoms with E-state index in [0.717, 1.165) is 31.1 Å². The second-order valence-corrected chi connectivity index (χ2v) is 9.35. The standard InChI is InChI=1S/C25H28N4O5S/c1-33-14-15-34-20-10-8-19(9-11-20)27-23(31)17-4-6-18(7-5-17)26-22(30)16-21-24(32)28-25(35-21)29-12-2-3-13-29/h4-11,21H,2-3,12-16H2,1H3,(H,26,30)(H,27,31). The smallest absolute Gasteiger partial charge is 0.262 e. The molecule has 0 spiro atoms. The number of anilines is 2. The molecule has 0 saturated carbocycles. The zero-order valence-corrected chi connectivity index (χ0v) is 20.3. The van der Waals surface area contributed by atoms with Gasteiger partial charge in [0.2, 0.25) is 5.91 Å². The van der Waals surface area contributed by atoms with Crippen LogP contribution in [0.3, 0.4) is 0 Å². The van der Waals surface area contributed by atoms with Crippen LogP contribution in [-0.2, 0) is 14.3 Å². The van der Waals surface area contributed by atoms with Crippen LogP contribution in [0, 0.1) is 0 Å². The van der Waals surface area contributed by atoms with Gasteiger partial charge in [0, 0.05) is 43.6 Å². The van der Waals surface area contributed by atoms with E-state index in [9.17, 15) is 14.4 Å². The molecule has 0 aliphatic carbocycles. The molecule has 2 N–H and O–H groups in total. The highest BCUT2D eigenvalue weighted by Gasteiger charge is 2.33. The van der Waals surface area contributed by atoms with Crippen molar-refractivity contribution in [1.29, 1.82) is 0 Å². The lowest BCUT2D eigenvalue weighted by Gasteiger charge is -2.16. The predicted molar refractivity (Wildman–Crippen MR) is 136 cm³/mol. The van der Waals surface area contributed by atoms with Crippen molar-refractivity contribution in [3.8, 4) is 5.75 Å². The Kier molecular flexibility index (Phi) is 8.38. The molecule has 1 unspecified atom stereocenters. The topological polar surface area (TPSA) is 109 Å². The molecule has 2 aromatic rings. The van der Waals surface area contributed by atoms with Crippen LogP contribution in [0.25, 0.3) is 0 Å². The number of amides is 3. The van der Waals surface area contributed by atoms with E-state index in [0.29, 0.717) is 35.9 Å². The number of thioether (sulfide) groups is 1. The average molecular weight is 497 g/mol. The number of amidine groups is 1. The molecule has 2 heterocycles. The van der Waals surface area contributed by atoms with Crippen LogP contribution in [0.1, 0.15) is 29.6 Å². The van der Waals surface area contributed by atoms with Gasteiger partial charge >= 0.3 is 0 Å². The third-order valence-corrected chi connectivity index (χ3v) is 6.79. The molecule has 2 aromatic carbocycles. The zero-order chi connectivity index (χ0) is 24.6. The second-order valence-electron chi connectivity index (χ2n) is 8.18. The van der Waals surface area contributed by atoms with Crippen LogP contribution >= 0.6 is 11.8 Å². The molecule has 0 bridgehead atoms. The molecule has 35 heavy (non-hydrogen) atoms. The zero-order valence-electron chi connectivity index (χ0n) is 19.5. The number of rotatable bonds is 9. The van der Waals surface area contributed by atoms with Crippen molar-refractivity contribution in [1.82, 2.24) is 4.90 Å². The minimum Gasteiger partial charge on any atom is -0.491 e. The molecule has 2 aliphatic heterocycles. The number of methoxy groups -OCH3 is 1. The molecule has 184 valence electrons. The maximum absolute atomic E-state index is 12.5. The first kappa shape index (κ1) is 24.7. The van der Waals surface area contributed by atoms with E-state index in [1.807, 2.05) is 0 Å². The van der Waals surface area contributed by atoms with Crippen molar-refractivity contribution < 1.29 is 23.9 Å². The maximum atomic E-state index is 12.5. The molecule has 2 aliphatic rings. The number of hydrogen-bond donors (Lipinski definition) is 2. The first-order chi connectivity index (χ1) is 17.0. The minimum absolute atomic E-state index is 0.0533. The van der Waals surface area contributed by atoms with Crippen molar-refractivity contribution in [2.75, 3.05) is 44.0 Å². The van der Waals surface area contributed by atoms with Crippen LogP contribution in [0.15, 0.2) is 53.5 Å². The summed E-state index contributed by atoms with van der Waals surface area (Å²) in [4.78, 5) is 43.5. The average Bonchev–Trinajstić information content (AvgIpc) is 3.51. The Bertz CT molecular complexity index is 1080. The molecule has 0 aromatic heterocycles. The Labute approximate surface area is 208 Å². The van der Waals surface area contributed by atoms with Crippen molar-refractivity contribution in [2.45, 2.75) is 24.5 Å². The van der Waals surface area contributed by atoms with Gasteiger partial charge in [-0.15, -0.1) is 0 Å². The molecule has 9 nitrogen and oxygen atoms in total. The number of carbonyl (C=O) groups is 3. The minimum atomic E-state index is -0.493. The Morgan fingerprint density at radius 2 is 1.66 bits per heavy atom. The molecular weight excluding hydrogens is 468 g/mol.